The lowest BCUT2D eigenvalue weighted by Gasteiger charge is -2.29. The summed E-state index contributed by atoms with van der Waals surface area (Å²) in [6, 6.07) is 0. The van der Waals surface area contributed by atoms with Crippen molar-refractivity contribution < 1.29 is 4.74 Å². The molecule has 1 fully saturated rings. The molecule has 0 amide bonds. The van der Waals surface area contributed by atoms with E-state index < -0.39 is 0 Å². The summed E-state index contributed by atoms with van der Waals surface area (Å²) in [5.41, 5.74) is 5.33. The molecule has 1 saturated heterocycles. The molecule has 1 rings (SSSR count). The average molecular weight is 115 g/mol. The number of hydrogen-bond donors (Lipinski definition) is 1. The van der Waals surface area contributed by atoms with E-state index in [1.165, 1.54) is 12.8 Å². The van der Waals surface area contributed by atoms with Crippen LogP contribution in [0.15, 0.2) is 0 Å². The summed E-state index contributed by atoms with van der Waals surface area (Å²) in [5.74, 6) is 0. The Hall–Kier alpha value is -0.0800. The molecule has 0 radical (unpaired) electrons. The Morgan fingerprint density at radius 1 is 1.50 bits per heavy atom. The van der Waals surface area contributed by atoms with Gasteiger partial charge in [0.2, 0.25) is 0 Å². The molecule has 2 N–H and O–H groups in total. The molecule has 8 heavy (non-hydrogen) atoms. The van der Waals surface area contributed by atoms with E-state index in [1.807, 2.05) is 6.92 Å². The van der Waals surface area contributed by atoms with Crippen LogP contribution in [0.3, 0.4) is 0 Å². The molecule has 0 saturated carbocycles. The lowest BCUT2D eigenvalue weighted by atomic mass is 10.1. The highest BCUT2D eigenvalue weighted by atomic mass is 16.5. The van der Waals surface area contributed by atoms with Crippen molar-refractivity contribution in [3.63, 3.8) is 0 Å². The summed E-state index contributed by atoms with van der Waals surface area (Å²) in [7, 11) is 0. The Balaban J connectivity index is 2.33. The van der Waals surface area contributed by atoms with Crippen LogP contribution < -0.4 is 5.73 Å². The minimum atomic E-state index is -0.321. The molecule has 1 aliphatic rings. The maximum Gasteiger partial charge on any atom is 0.113 e. The zero-order valence-corrected chi connectivity index (χ0v) is 5.31. The van der Waals surface area contributed by atoms with Crippen molar-refractivity contribution in [3.05, 3.63) is 0 Å². The van der Waals surface area contributed by atoms with Crippen LogP contribution in [0, 0.1) is 0 Å². The summed E-state index contributed by atoms with van der Waals surface area (Å²) in [6.07, 6.45) is 3.40. The van der Waals surface area contributed by atoms with Crippen molar-refractivity contribution in [3.8, 4) is 0 Å². The van der Waals surface area contributed by atoms with E-state index in [2.05, 4.69) is 0 Å². The Bertz CT molecular complexity index is 72.6. The highest BCUT2D eigenvalue weighted by Crippen LogP contribution is 2.17. The first kappa shape index (κ1) is 6.05. The van der Waals surface area contributed by atoms with E-state index in [1.54, 1.807) is 0 Å². The third kappa shape index (κ3) is 1.46. The van der Waals surface area contributed by atoms with Crippen LogP contribution in [0.5, 0.6) is 0 Å². The Morgan fingerprint density at radius 2 is 2.25 bits per heavy atom. The fourth-order valence-corrected chi connectivity index (χ4v) is 0.956. The number of ether oxygens (including phenoxy) is 1. The van der Waals surface area contributed by atoms with Crippen LogP contribution in [0.2, 0.25) is 0 Å². The van der Waals surface area contributed by atoms with Gasteiger partial charge in [-0.25, -0.2) is 0 Å². The van der Waals surface area contributed by atoms with Gasteiger partial charge in [-0.1, -0.05) is 0 Å². The van der Waals surface area contributed by atoms with Crippen molar-refractivity contribution in [2.75, 3.05) is 6.61 Å². The SMILES string of the molecule is CC1(N)CCCCO1. The van der Waals surface area contributed by atoms with Crippen LogP contribution in [0.1, 0.15) is 26.2 Å². The molecular formula is C6H13NO. The molecular weight excluding hydrogens is 102 g/mol. The van der Waals surface area contributed by atoms with Gasteiger partial charge >= 0.3 is 0 Å². The number of nitrogens with two attached hydrogens (primary N) is 1. The van der Waals surface area contributed by atoms with E-state index in [0.717, 1.165) is 13.0 Å². The maximum atomic E-state index is 5.66. The molecule has 1 atom stereocenters. The standard InChI is InChI=1S/C6H13NO/c1-6(7)4-2-3-5-8-6/h2-5,7H2,1H3. The summed E-state index contributed by atoms with van der Waals surface area (Å²) in [4.78, 5) is 0. The summed E-state index contributed by atoms with van der Waals surface area (Å²) >= 11 is 0. The molecule has 1 heterocycles. The summed E-state index contributed by atoms with van der Waals surface area (Å²) in [6.45, 7) is 2.78. The van der Waals surface area contributed by atoms with Crippen LogP contribution in [0.4, 0.5) is 0 Å². The summed E-state index contributed by atoms with van der Waals surface area (Å²) < 4.78 is 5.24. The predicted molar refractivity (Wildman–Crippen MR) is 32.4 cm³/mol. The van der Waals surface area contributed by atoms with Crippen molar-refractivity contribution in [2.24, 2.45) is 5.73 Å². The van der Waals surface area contributed by atoms with Gasteiger partial charge in [0.1, 0.15) is 5.72 Å². The molecule has 0 aromatic carbocycles. The molecule has 0 spiro atoms. The Labute approximate surface area is 50.0 Å². The molecule has 0 aromatic heterocycles. The fraction of sp³-hybridized carbons (Fsp3) is 1.00. The van der Waals surface area contributed by atoms with Gasteiger partial charge in [0, 0.05) is 6.61 Å². The van der Waals surface area contributed by atoms with Crippen molar-refractivity contribution >= 4 is 0 Å². The molecule has 2 heteroatoms. The monoisotopic (exact) mass is 115 g/mol. The first-order chi connectivity index (χ1) is 3.71. The van der Waals surface area contributed by atoms with Gasteiger partial charge in [0.15, 0.2) is 0 Å². The molecule has 0 bridgehead atoms. The third-order valence-corrected chi connectivity index (χ3v) is 1.50. The molecule has 0 aliphatic carbocycles. The van der Waals surface area contributed by atoms with Gasteiger partial charge < -0.3 is 10.5 Å². The van der Waals surface area contributed by atoms with Gasteiger partial charge in [0.25, 0.3) is 0 Å². The van der Waals surface area contributed by atoms with Gasteiger partial charge in [-0.3, -0.25) is 0 Å². The second-order valence-corrected chi connectivity index (χ2v) is 2.62. The number of rotatable bonds is 0. The van der Waals surface area contributed by atoms with E-state index in [0.29, 0.717) is 0 Å². The zero-order valence-electron chi connectivity index (χ0n) is 5.31. The van der Waals surface area contributed by atoms with Crippen LogP contribution in [-0.2, 0) is 4.74 Å². The first-order valence-corrected chi connectivity index (χ1v) is 3.14. The second-order valence-electron chi connectivity index (χ2n) is 2.62. The topological polar surface area (TPSA) is 35.2 Å². The van der Waals surface area contributed by atoms with Gasteiger partial charge in [-0.05, 0) is 26.2 Å². The fourth-order valence-electron chi connectivity index (χ4n) is 0.956. The molecule has 1 unspecified atom stereocenters. The second kappa shape index (κ2) is 2.03. The smallest absolute Gasteiger partial charge is 0.113 e. The quantitative estimate of drug-likeness (QED) is 0.508. The first-order valence-electron chi connectivity index (χ1n) is 3.14. The summed E-state index contributed by atoms with van der Waals surface area (Å²) in [5, 5.41) is 0. The zero-order chi connectivity index (χ0) is 6.04. The number of hydrogen-bond acceptors (Lipinski definition) is 2. The highest BCUT2D eigenvalue weighted by molar-refractivity contribution is 4.69. The van der Waals surface area contributed by atoms with Gasteiger partial charge in [0.05, 0.1) is 0 Å². The molecule has 2 nitrogen and oxygen atoms in total. The Morgan fingerprint density at radius 3 is 2.50 bits per heavy atom. The van der Waals surface area contributed by atoms with E-state index in [-0.39, 0.29) is 5.72 Å². The van der Waals surface area contributed by atoms with E-state index in [9.17, 15) is 0 Å². The van der Waals surface area contributed by atoms with Gasteiger partial charge in [-0.2, -0.15) is 0 Å². The molecule has 1 aliphatic heterocycles. The van der Waals surface area contributed by atoms with Crippen LogP contribution in [0.25, 0.3) is 0 Å². The Kier molecular flexibility index (Phi) is 1.54. The van der Waals surface area contributed by atoms with Crippen LogP contribution >= 0.6 is 0 Å². The largest absolute Gasteiger partial charge is 0.361 e. The van der Waals surface area contributed by atoms with E-state index >= 15 is 0 Å². The van der Waals surface area contributed by atoms with E-state index in [4.69, 9.17) is 10.5 Å². The lowest BCUT2D eigenvalue weighted by molar-refractivity contribution is -0.0602. The molecule has 48 valence electrons. The normalized spacial score (nSPS) is 39.8. The van der Waals surface area contributed by atoms with Crippen molar-refractivity contribution in [1.29, 1.82) is 0 Å². The third-order valence-electron chi connectivity index (χ3n) is 1.50. The molecule has 0 aromatic rings. The highest BCUT2D eigenvalue weighted by Gasteiger charge is 2.21. The van der Waals surface area contributed by atoms with Crippen LogP contribution in [-0.4, -0.2) is 12.3 Å². The minimum Gasteiger partial charge on any atom is -0.361 e. The maximum absolute atomic E-state index is 5.66. The minimum absolute atomic E-state index is 0.321. The van der Waals surface area contributed by atoms with Crippen molar-refractivity contribution in [1.82, 2.24) is 0 Å². The van der Waals surface area contributed by atoms with Crippen molar-refractivity contribution in [2.45, 2.75) is 31.9 Å². The average Bonchev–Trinajstić information content (AvgIpc) is 1.65. The van der Waals surface area contributed by atoms with Gasteiger partial charge in [-0.15, -0.1) is 0 Å². The lowest BCUT2D eigenvalue weighted by Crippen LogP contribution is -2.41. The predicted octanol–water partition coefficient (Wildman–Crippen LogP) is 0.862.